The molecule has 0 aliphatic rings. The first-order valence-corrected chi connectivity index (χ1v) is 10.9. The van der Waals surface area contributed by atoms with E-state index in [9.17, 15) is 0 Å². The zero-order chi connectivity index (χ0) is 16.8. The molecule has 6 heteroatoms. The molecule has 0 spiro atoms. The Morgan fingerprint density at radius 3 is 1.86 bits per heavy atom. The predicted molar refractivity (Wildman–Crippen MR) is 97.3 cm³/mol. The summed E-state index contributed by atoms with van der Waals surface area (Å²) in [5, 5.41) is 0.633. The van der Waals surface area contributed by atoms with Crippen molar-refractivity contribution in [1.82, 2.24) is 0 Å². The van der Waals surface area contributed by atoms with Crippen LogP contribution in [0.15, 0.2) is 0 Å². The van der Waals surface area contributed by atoms with Crippen LogP contribution in [0.5, 0.6) is 0 Å². The minimum Gasteiger partial charge on any atom is -0.485 e. The smallest absolute Gasteiger partial charge is 0.485 e. The second-order valence-electron chi connectivity index (χ2n) is 5.35. The van der Waals surface area contributed by atoms with Crippen LogP contribution < -0.4 is 0 Å². The van der Waals surface area contributed by atoms with E-state index in [0.29, 0.717) is 24.9 Å². The molecule has 0 rings (SSSR count). The molecule has 1 unspecified atom stereocenters. The van der Waals surface area contributed by atoms with Crippen molar-refractivity contribution in [2.45, 2.75) is 78.9 Å². The molecule has 0 aromatic rings. The van der Waals surface area contributed by atoms with Gasteiger partial charge < -0.3 is 18.0 Å². The fraction of sp³-hybridized carbons (Fsp3) is 0.938. The molecule has 0 bridgehead atoms. The topological polar surface area (TPSA) is 36.9 Å². The molecule has 0 aromatic carbocycles. The Morgan fingerprint density at radius 2 is 1.41 bits per heavy atom. The van der Waals surface area contributed by atoms with Crippen LogP contribution in [-0.4, -0.2) is 39.8 Å². The molecule has 0 N–H and O–H groups in total. The van der Waals surface area contributed by atoms with Crippen LogP contribution in [0.1, 0.15) is 66.7 Å². The fourth-order valence-corrected chi connectivity index (χ4v) is 5.32. The Morgan fingerprint density at radius 1 is 0.909 bits per heavy atom. The number of ether oxygens (including phenoxy) is 1. The zero-order valence-electron chi connectivity index (χ0n) is 15.0. The maximum absolute atomic E-state index is 5.86. The minimum atomic E-state index is -2.44. The molecule has 0 fully saturated rings. The quantitative estimate of drug-likeness (QED) is 0.257. The van der Waals surface area contributed by atoms with Gasteiger partial charge in [0.25, 0.3) is 0 Å². The third-order valence-electron chi connectivity index (χ3n) is 3.30. The van der Waals surface area contributed by atoms with Gasteiger partial charge in [-0.05, 0) is 59.2 Å². The van der Waals surface area contributed by atoms with Gasteiger partial charge in [-0.1, -0.05) is 12.8 Å². The number of hydrogen-bond acceptors (Lipinski definition) is 5. The van der Waals surface area contributed by atoms with E-state index in [1.54, 1.807) is 0 Å². The Kier molecular flexibility index (Phi) is 13.4. The molecule has 0 amide bonds. The first-order chi connectivity index (χ1) is 10.5. The van der Waals surface area contributed by atoms with E-state index in [2.05, 4.69) is 6.92 Å². The number of rotatable bonds is 14. The number of thiocarbonyl (C=S) groups is 1. The summed E-state index contributed by atoms with van der Waals surface area (Å²) in [7, 11) is -2.44. The van der Waals surface area contributed by atoms with E-state index >= 15 is 0 Å². The third kappa shape index (κ3) is 10.7. The lowest BCUT2D eigenvalue weighted by Crippen LogP contribution is -2.45. The first kappa shape index (κ1) is 22.0. The van der Waals surface area contributed by atoms with Gasteiger partial charge in [-0.3, -0.25) is 0 Å². The summed E-state index contributed by atoms with van der Waals surface area (Å²) in [4.78, 5) is 0. The van der Waals surface area contributed by atoms with Crippen LogP contribution in [-0.2, 0) is 18.0 Å². The maximum Gasteiger partial charge on any atom is 0.500 e. The van der Waals surface area contributed by atoms with Crippen molar-refractivity contribution in [3.63, 3.8) is 0 Å². The van der Waals surface area contributed by atoms with Crippen molar-refractivity contribution in [3.8, 4) is 0 Å². The summed E-state index contributed by atoms with van der Waals surface area (Å²) in [6, 6.07) is 0.910. The number of hydrogen-bond donors (Lipinski definition) is 0. The summed E-state index contributed by atoms with van der Waals surface area (Å²) in [5.41, 5.74) is 0. The van der Waals surface area contributed by atoms with E-state index in [1.165, 1.54) is 12.8 Å². The Bertz CT molecular complexity index is 272. The van der Waals surface area contributed by atoms with E-state index < -0.39 is 8.80 Å². The second kappa shape index (κ2) is 13.4. The Labute approximate surface area is 143 Å². The Balaban J connectivity index is 3.94. The fourth-order valence-electron chi connectivity index (χ4n) is 2.47. The monoisotopic (exact) mass is 350 g/mol. The van der Waals surface area contributed by atoms with E-state index in [4.69, 9.17) is 30.2 Å². The molecule has 0 aliphatic heterocycles. The molecule has 0 radical (unpaired) electrons. The second-order valence-corrected chi connectivity index (χ2v) is 8.66. The summed E-state index contributed by atoms with van der Waals surface area (Å²) in [5.74, 6) is 0. The molecule has 22 heavy (non-hydrogen) atoms. The van der Waals surface area contributed by atoms with Crippen LogP contribution in [0.4, 0.5) is 0 Å². The molecule has 0 heterocycles. The van der Waals surface area contributed by atoms with E-state index in [1.807, 2.05) is 27.7 Å². The summed E-state index contributed by atoms with van der Waals surface area (Å²) in [6.07, 6.45) is 5.90. The third-order valence-corrected chi connectivity index (χ3v) is 6.55. The zero-order valence-corrected chi connectivity index (χ0v) is 16.8. The van der Waals surface area contributed by atoms with Crippen molar-refractivity contribution >= 4 is 26.1 Å². The van der Waals surface area contributed by atoms with Crippen molar-refractivity contribution in [2.24, 2.45) is 0 Å². The normalized spacial score (nSPS) is 13.1. The van der Waals surface area contributed by atoms with Crippen molar-refractivity contribution in [1.29, 1.82) is 0 Å². The van der Waals surface area contributed by atoms with Crippen molar-refractivity contribution in [3.05, 3.63) is 0 Å². The van der Waals surface area contributed by atoms with Gasteiger partial charge in [0.1, 0.15) is 0 Å². The molecular formula is C16H34O4SSi. The molecule has 0 saturated carbocycles. The van der Waals surface area contributed by atoms with Gasteiger partial charge in [-0.2, -0.15) is 0 Å². The van der Waals surface area contributed by atoms with Crippen LogP contribution >= 0.6 is 12.2 Å². The van der Waals surface area contributed by atoms with Crippen LogP contribution in [0.3, 0.4) is 0 Å². The standard InChI is InChI=1S/C16H34O4SSi/c1-6-17-22(18-7-2,19-8-3)14-12-10-9-11-13-15(4)20-16(5)21/h15H,6-14H2,1-5H3. The summed E-state index contributed by atoms with van der Waals surface area (Å²) >= 11 is 4.95. The highest BCUT2D eigenvalue weighted by molar-refractivity contribution is 7.80. The predicted octanol–water partition coefficient (Wildman–Crippen LogP) is 4.74. The molecule has 4 nitrogen and oxygen atoms in total. The number of unbranched alkanes of at least 4 members (excludes halogenated alkanes) is 3. The van der Waals surface area contributed by atoms with Gasteiger partial charge in [0, 0.05) is 32.8 Å². The molecule has 0 aliphatic carbocycles. The average molecular weight is 351 g/mol. The van der Waals surface area contributed by atoms with E-state index in [-0.39, 0.29) is 6.10 Å². The summed E-state index contributed by atoms with van der Waals surface area (Å²) < 4.78 is 23.1. The van der Waals surface area contributed by atoms with Crippen molar-refractivity contribution in [2.75, 3.05) is 19.8 Å². The first-order valence-electron chi connectivity index (χ1n) is 8.58. The van der Waals surface area contributed by atoms with Crippen LogP contribution in [0, 0.1) is 0 Å². The highest BCUT2D eigenvalue weighted by Gasteiger charge is 2.39. The molecular weight excluding hydrogens is 316 g/mol. The molecule has 0 aromatic heterocycles. The van der Waals surface area contributed by atoms with Gasteiger partial charge in [0.15, 0.2) is 5.05 Å². The van der Waals surface area contributed by atoms with Crippen LogP contribution in [0.25, 0.3) is 0 Å². The van der Waals surface area contributed by atoms with Gasteiger partial charge in [0.2, 0.25) is 0 Å². The Hall–Kier alpha value is -0.0131. The maximum atomic E-state index is 5.86. The highest BCUT2D eigenvalue weighted by Crippen LogP contribution is 2.20. The molecule has 1 atom stereocenters. The lowest BCUT2D eigenvalue weighted by Gasteiger charge is -2.28. The van der Waals surface area contributed by atoms with Crippen LogP contribution in [0.2, 0.25) is 6.04 Å². The minimum absolute atomic E-state index is 0.223. The van der Waals surface area contributed by atoms with Gasteiger partial charge in [-0.25, -0.2) is 0 Å². The average Bonchev–Trinajstić information content (AvgIpc) is 2.43. The SMILES string of the molecule is CCO[Si](CCCCCCC(C)OC(C)=S)(OCC)OCC. The van der Waals surface area contributed by atoms with Gasteiger partial charge >= 0.3 is 8.80 Å². The van der Waals surface area contributed by atoms with Gasteiger partial charge in [-0.15, -0.1) is 0 Å². The molecule has 132 valence electrons. The lowest BCUT2D eigenvalue weighted by molar-refractivity contribution is 0.0706. The van der Waals surface area contributed by atoms with E-state index in [0.717, 1.165) is 25.3 Å². The lowest BCUT2D eigenvalue weighted by atomic mass is 10.1. The highest BCUT2D eigenvalue weighted by atomic mass is 32.1. The van der Waals surface area contributed by atoms with Crippen molar-refractivity contribution < 1.29 is 18.0 Å². The van der Waals surface area contributed by atoms with Gasteiger partial charge in [0.05, 0.1) is 6.10 Å². The molecule has 0 saturated heterocycles. The largest absolute Gasteiger partial charge is 0.500 e. The summed E-state index contributed by atoms with van der Waals surface area (Å²) in [6.45, 7) is 11.9.